The molecule has 4 rings (SSSR count). The number of nitrogens with one attached hydrogen (secondary N) is 1. The molecule has 160 valence electrons. The lowest BCUT2D eigenvalue weighted by Crippen LogP contribution is -2.36. The van der Waals surface area contributed by atoms with Crippen molar-refractivity contribution in [3.63, 3.8) is 0 Å². The molecule has 1 fully saturated rings. The Hall–Kier alpha value is -2.22. The van der Waals surface area contributed by atoms with E-state index in [1.807, 2.05) is 41.8 Å². The fourth-order valence-electron chi connectivity index (χ4n) is 3.89. The van der Waals surface area contributed by atoms with Crippen molar-refractivity contribution in [1.82, 2.24) is 4.98 Å². The monoisotopic (exact) mass is 518 g/mol. The summed E-state index contributed by atoms with van der Waals surface area (Å²) in [5.74, 6) is -0.774. The summed E-state index contributed by atoms with van der Waals surface area (Å²) in [6, 6.07) is 15.1. The summed E-state index contributed by atoms with van der Waals surface area (Å²) >= 11 is 10.8. The molecule has 0 atom stereocenters. The molecule has 0 saturated heterocycles. The fraction of sp³-hybridized carbons (Fsp3) is 0.261. The molecular formula is C23H20BrClN2O3S. The molecule has 1 aromatic heterocycles. The molecular weight excluding hydrogens is 500 g/mol. The van der Waals surface area contributed by atoms with E-state index >= 15 is 0 Å². The second-order valence-corrected chi connectivity index (χ2v) is 9.68. The minimum absolute atomic E-state index is 0.347. The van der Waals surface area contributed by atoms with Crippen LogP contribution in [0.1, 0.15) is 31.2 Å². The first kappa shape index (κ1) is 22.0. The Kier molecular flexibility index (Phi) is 6.74. The van der Waals surface area contributed by atoms with Gasteiger partial charge in [0.2, 0.25) is 0 Å². The van der Waals surface area contributed by atoms with Gasteiger partial charge in [-0.25, -0.2) is 4.98 Å². The highest BCUT2D eigenvalue weighted by Crippen LogP contribution is 2.42. The van der Waals surface area contributed by atoms with Crippen LogP contribution in [-0.4, -0.2) is 23.5 Å². The molecule has 0 radical (unpaired) electrons. The zero-order valence-electron chi connectivity index (χ0n) is 16.6. The van der Waals surface area contributed by atoms with Crippen LogP contribution >= 0.6 is 38.9 Å². The van der Waals surface area contributed by atoms with Gasteiger partial charge in [-0.1, -0.05) is 64.6 Å². The molecule has 1 aliphatic carbocycles. The van der Waals surface area contributed by atoms with Crippen LogP contribution in [0.5, 0.6) is 0 Å². The Morgan fingerprint density at radius 3 is 2.61 bits per heavy atom. The maximum atomic E-state index is 13.0. The number of carbonyl (C=O) groups excluding carboxylic acids is 2. The van der Waals surface area contributed by atoms with Crippen molar-refractivity contribution in [2.75, 3.05) is 11.9 Å². The molecule has 2 aromatic carbocycles. The summed E-state index contributed by atoms with van der Waals surface area (Å²) in [6.45, 7) is -0.347. The summed E-state index contributed by atoms with van der Waals surface area (Å²) in [7, 11) is 0. The van der Waals surface area contributed by atoms with Crippen LogP contribution < -0.4 is 5.32 Å². The van der Waals surface area contributed by atoms with Crippen molar-refractivity contribution in [1.29, 1.82) is 0 Å². The summed E-state index contributed by atoms with van der Waals surface area (Å²) < 4.78 is 6.40. The number of esters is 1. The lowest BCUT2D eigenvalue weighted by Gasteiger charge is -2.27. The van der Waals surface area contributed by atoms with Gasteiger partial charge in [0.25, 0.3) is 5.91 Å². The van der Waals surface area contributed by atoms with Crippen molar-refractivity contribution in [2.45, 2.75) is 31.1 Å². The second-order valence-electron chi connectivity index (χ2n) is 7.47. The van der Waals surface area contributed by atoms with Crippen LogP contribution in [0.15, 0.2) is 58.4 Å². The first-order chi connectivity index (χ1) is 15.0. The van der Waals surface area contributed by atoms with Gasteiger partial charge in [-0.05, 0) is 42.7 Å². The molecule has 1 heterocycles. The van der Waals surface area contributed by atoms with E-state index in [2.05, 4.69) is 26.2 Å². The fourth-order valence-corrected chi connectivity index (χ4v) is 5.16. The van der Waals surface area contributed by atoms with E-state index in [-0.39, 0.29) is 12.6 Å². The lowest BCUT2D eigenvalue weighted by atomic mass is 9.79. The number of aromatic nitrogens is 1. The van der Waals surface area contributed by atoms with Crippen molar-refractivity contribution in [3.8, 4) is 11.3 Å². The minimum Gasteiger partial charge on any atom is -0.455 e. The zero-order chi connectivity index (χ0) is 21.8. The Labute approximate surface area is 197 Å². The molecule has 0 spiro atoms. The predicted molar refractivity (Wildman–Crippen MR) is 126 cm³/mol. The molecule has 8 heteroatoms. The molecule has 1 amide bonds. The third-order valence-electron chi connectivity index (χ3n) is 5.45. The van der Waals surface area contributed by atoms with Gasteiger partial charge in [-0.15, -0.1) is 11.3 Å². The van der Waals surface area contributed by atoms with Gasteiger partial charge in [0.05, 0.1) is 11.1 Å². The van der Waals surface area contributed by atoms with E-state index in [1.165, 1.54) is 11.3 Å². The minimum atomic E-state index is -0.708. The van der Waals surface area contributed by atoms with Crippen LogP contribution in [-0.2, 0) is 19.7 Å². The van der Waals surface area contributed by atoms with Crippen molar-refractivity contribution in [3.05, 3.63) is 69.0 Å². The number of anilines is 1. The second kappa shape index (κ2) is 9.51. The molecule has 1 saturated carbocycles. The number of nitrogens with zero attached hydrogens (tertiary/aromatic N) is 1. The molecule has 3 aromatic rings. The molecule has 5 nitrogen and oxygen atoms in total. The quantitative estimate of drug-likeness (QED) is 0.393. The van der Waals surface area contributed by atoms with E-state index in [4.69, 9.17) is 16.3 Å². The molecule has 1 aliphatic rings. The Balaban J connectivity index is 1.38. The van der Waals surface area contributed by atoms with Gasteiger partial charge in [0, 0.05) is 20.4 Å². The van der Waals surface area contributed by atoms with E-state index in [0.717, 1.165) is 34.1 Å². The number of rotatable bonds is 6. The van der Waals surface area contributed by atoms with Crippen LogP contribution in [0.4, 0.5) is 5.13 Å². The van der Waals surface area contributed by atoms with Crippen LogP contribution in [0.25, 0.3) is 11.3 Å². The third kappa shape index (κ3) is 5.00. The highest BCUT2D eigenvalue weighted by atomic mass is 79.9. The van der Waals surface area contributed by atoms with Gasteiger partial charge < -0.3 is 4.74 Å². The molecule has 0 bridgehead atoms. The van der Waals surface area contributed by atoms with E-state index in [1.54, 1.807) is 12.1 Å². The van der Waals surface area contributed by atoms with Gasteiger partial charge in [-0.2, -0.15) is 0 Å². The van der Waals surface area contributed by atoms with Crippen molar-refractivity contribution in [2.24, 2.45) is 0 Å². The number of ether oxygens (including phenoxy) is 1. The largest absolute Gasteiger partial charge is 0.455 e. The van der Waals surface area contributed by atoms with Gasteiger partial charge >= 0.3 is 5.97 Å². The Bertz CT molecular complexity index is 1090. The zero-order valence-corrected chi connectivity index (χ0v) is 19.7. The number of halogens is 2. The molecule has 0 aliphatic heterocycles. The maximum absolute atomic E-state index is 13.0. The normalized spacial score (nSPS) is 14.9. The number of hydrogen-bond donors (Lipinski definition) is 1. The average Bonchev–Trinajstić information content (AvgIpc) is 3.43. The third-order valence-corrected chi connectivity index (χ3v) is 6.95. The molecule has 1 N–H and O–H groups in total. The first-order valence-electron chi connectivity index (χ1n) is 9.91. The van der Waals surface area contributed by atoms with Crippen LogP contribution in [0.2, 0.25) is 5.02 Å². The van der Waals surface area contributed by atoms with Crippen molar-refractivity contribution < 1.29 is 14.3 Å². The lowest BCUT2D eigenvalue weighted by molar-refractivity contribution is -0.153. The predicted octanol–water partition coefficient (Wildman–Crippen LogP) is 6.22. The number of amides is 1. The smallest absolute Gasteiger partial charge is 0.317 e. The number of hydrogen-bond acceptors (Lipinski definition) is 5. The molecule has 31 heavy (non-hydrogen) atoms. The Morgan fingerprint density at radius 2 is 1.90 bits per heavy atom. The van der Waals surface area contributed by atoms with Crippen LogP contribution in [0, 0.1) is 0 Å². The topological polar surface area (TPSA) is 68.3 Å². The number of benzene rings is 2. The van der Waals surface area contributed by atoms with Crippen molar-refractivity contribution >= 4 is 55.9 Å². The van der Waals surface area contributed by atoms with Gasteiger partial charge in [0.15, 0.2) is 11.7 Å². The number of thiazole rings is 1. The average molecular weight is 520 g/mol. The maximum Gasteiger partial charge on any atom is 0.317 e. The van der Waals surface area contributed by atoms with Gasteiger partial charge in [0.1, 0.15) is 0 Å². The van der Waals surface area contributed by atoms with E-state index < -0.39 is 11.3 Å². The summed E-state index contributed by atoms with van der Waals surface area (Å²) in [5.41, 5.74) is 1.90. The number of carbonyl (C=O) groups is 2. The summed E-state index contributed by atoms with van der Waals surface area (Å²) in [6.07, 6.45) is 3.30. The molecule has 0 unspecified atom stereocenters. The highest BCUT2D eigenvalue weighted by molar-refractivity contribution is 9.10. The Morgan fingerprint density at radius 1 is 1.16 bits per heavy atom. The van der Waals surface area contributed by atoms with E-state index in [0.29, 0.717) is 23.0 Å². The van der Waals surface area contributed by atoms with Crippen LogP contribution in [0.3, 0.4) is 0 Å². The summed E-state index contributed by atoms with van der Waals surface area (Å²) in [4.78, 5) is 29.8. The SMILES string of the molecule is O=C(COC(=O)C1(c2ccc(Cl)cc2)CCCC1)Nc1nc(-c2cccc(Br)c2)cs1. The first-order valence-corrected chi connectivity index (χ1v) is 12.0. The van der Waals surface area contributed by atoms with Gasteiger partial charge in [-0.3, -0.25) is 14.9 Å². The standard InChI is InChI=1S/C23H20BrClN2O3S/c24-17-5-3-4-15(12-17)19-14-31-22(26-19)27-20(28)13-30-21(29)23(10-1-2-11-23)16-6-8-18(25)9-7-16/h3-9,12,14H,1-2,10-11,13H2,(H,26,27,28). The summed E-state index contributed by atoms with van der Waals surface area (Å²) in [5, 5.41) is 5.67. The highest BCUT2D eigenvalue weighted by Gasteiger charge is 2.44. The van der Waals surface area contributed by atoms with E-state index in [9.17, 15) is 9.59 Å².